The third kappa shape index (κ3) is 1.95. The van der Waals surface area contributed by atoms with Gasteiger partial charge in [-0.15, -0.1) is 0 Å². The summed E-state index contributed by atoms with van der Waals surface area (Å²) in [6.07, 6.45) is -0.416. The van der Waals surface area contributed by atoms with Crippen molar-refractivity contribution in [3.05, 3.63) is 36.0 Å². The van der Waals surface area contributed by atoms with Crippen molar-refractivity contribution in [1.82, 2.24) is 24.9 Å². The largest absolute Gasteiger partial charge is 0.336 e. The van der Waals surface area contributed by atoms with Crippen molar-refractivity contribution in [2.45, 2.75) is 6.43 Å². The number of imidazole rings is 1. The van der Waals surface area contributed by atoms with E-state index in [-0.39, 0.29) is 22.7 Å². The van der Waals surface area contributed by atoms with Crippen LogP contribution >= 0.6 is 0 Å². The van der Waals surface area contributed by atoms with Crippen LogP contribution in [0.15, 0.2) is 24.7 Å². The van der Waals surface area contributed by atoms with Crippen LogP contribution in [0.1, 0.15) is 17.8 Å². The Labute approximate surface area is 111 Å². The molecular weight excluding hydrogens is 266 g/mol. The molecule has 3 aromatic heterocycles. The Bertz CT molecular complexity index is 820. The number of hydrogen-bond donors (Lipinski definition) is 1. The van der Waals surface area contributed by atoms with Gasteiger partial charge in [-0.3, -0.25) is 0 Å². The summed E-state index contributed by atoms with van der Waals surface area (Å²) in [6.45, 7) is 0. The van der Waals surface area contributed by atoms with Gasteiger partial charge in [-0.1, -0.05) is 0 Å². The third-order valence-electron chi connectivity index (χ3n) is 2.67. The van der Waals surface area contributed by atoms with E-state index in [0.29, 0.717) is 5.52 Å². The molecule has 0 aliphatic carbocycles. The highest BCUT2D eigenvalue weighted by atomic mass is 19.3. The number of hydrogen-bond acceptors (Lipinski definition) is 5. The lowest BCUT2D eigenvalue weighted by molar-refractivity contribution is 0.146. The van der Waals surface area contributed by atoms with Crippen LogP contribution in [0.4, 0.5) is 8.78 Å². The number of fused-ring (bicyclic) bond motifs is 1. The topological polar surface area (TPSA) is 91.1 Å². The Morgan fingerprint density at radius 3 is 2.85 bits per heavy atom. The van der Waals surface area contributed by atoms with Crippen molar-refractivity contribution in [2.24, 2.45) is 0 Å². The molecule has 0 spiro atoms. The summed E-state index contributed by atoms with van der Waals surface area (Å²) in [5.41, 5.74) is 0.735. The van der Waals surface area contributed by atoms with Crippen molar-refractivity contribution in [3.63, 3.8) is 0 Å². The molecule has 8 heteroatoms. The number of alkyl halides is 2. The fourth-order valence-electron chi connectivity index (χ4n) is 1.78. The van der Waals surface area contributed by atoms with E-state index in [1.165, 1.54) is 12.3 Å². The molecule has 0 amide bonds. The van der Waals surface area contributed by atoms with Gasteiger partial charge in [-0.25, -0.2) is 28.7 Å². The maximum absolute atomic E-state index is 12.9. The average molecular weight is 272 g/mol. The van der Waals surface area contributed by atoms with Crippen LogP contribution in [-0.4, -0.2) is 24.9 Å². The molecule has 6 nitrogen and oxygen atoms in total. The number of rotatable bonds is 2. The molecule has 0 unspecified atom stereocenters. The van der Waals surface area contributed by atoms with E-state index >= 15 is 0 Å². The molecule has 98 valence electrons. The van der Waals surface area contributed by atoms with Crippen LogP contribution < -0.4 is 0 Å². The van der Waals surface area contributed by atoms with E-state index in [9.17, 15) is 8.78 Å². The van der Waals surface area contributed by atoms with Crippen LogP contribution in [0.2, 0.25) is 0 Å². The van der Waals surface area contributed by atoms with Crippen LogP contribution in [0.5, 0.6) is 0 Å². The van der Waals surface area contributed by atoms with Gasteiger partial charge in [0.1, 0.15) is 29.6 Å². The van der Waals surface area contributed by atoms with Crippen molar-refractivity contribution in [1.29, 1.82) is 5.26 Å². The molecule has 0 fully saturated rings. The maximum atomic E-state index is 12.9. The fourth-order valence-corrected chi connectivity index (χ4v) is 1.78. The zero-order valence-corrected chi connectivity index (χ0v) is 9.88. The van der Waals surface area contributed by atoms with Crippen molar-refractivity contribution in [3.8, 4) is 17.5 Å². The van der Waals surface area contributed by atoms with Gasteiger partial charge in [-0.2, -0.15) is 5.26 Å². The van der Waals surface area contributed by atoms with Gasteiger partial charge >= 0.3 is 0 Å². The molecule has 3 heterocycles. The molecule has 0 saturated carbocycles. The molecule has 0 atom stereocenters. The Kier molecular flexibility index (Phi) is 2.80. The third-order valence-corrected chi connectivity index (χ3v) is 2.67. The van der Waals surface area contributed by atoms with Crippen LogP contribution in [0.25, 0.3) is 22.6 Å². The number of halogens is 2. The van der Waals surface area contributed by atoms with Gasteiger partial charge < -0.3 is 4.98 Å². The molecule has 0 bridgehead atoms. The number of aromatic nitrogens is 5. The number of nitriles is 1. The first-order chi connectivity index (χ1) is 9.69. The highest BCUT2D eigenvalue weighted by Crippen LogP contribution is 2.27. The summed E-state index contributed by atoms with van der Waals surface area (Å²) in [7, 11) is 0. The molecule has 0 aliphatic heterocycles. The molecule has 3 aromatic rings. The zero-order valence-electron chi connectivity index (χ0n) is 9.88. The summed E-state index contributed by atoms with van der Waals surface area (Å²) in [5, 5.41) is 8.77. The number of aromatic amines is 1. The lowest BCUT2D eigenvalue weighted by Crippen LogP contribution is -1.96. The smallest absolute Gasteiger partial charge is 0.281 e. The maximum Gasteiger partial charge on any atom is 0.281 e. The Morgan fingerprint density at radius 1 is 1.25 bits per heavy atom. The van der Waals surface area contributed by atoms with Crippen LogP contribution in [-0.2, 0) is 0 Å². The molecule has 3 rings (SSSR count). The van der Waals surface area contributed by atoms with Gasteiger partial charge in [0.25, 0.3) is 6.43 Å². The van der Waals surface area contributed by atoms with Gasteiger partial charge in [-0.05, 0) is 12.1 Å². The van der Waals surface area contributed by atoms with Crippen molar-refractivity contribution < 1.29 is 8.78 Å². The average Bonchev–Trinajstić information content (AvgIpc) is 2.89. The minimum absolute atomic E-state index is 0.110. The number of pyridine rings is 1. The van der Waals surface area contributed by atoms with E-state index in [1.807, 2.05) is 6.07 Å². The second-order valence-electron chi connectivity index (χ2n) is 3.89. The summed E-state index contributed by atoms with van der Waals surface area (Å²) < 4.78 is 25.8. The number of H-pyrrole nitrogens is 1. The normalized spacial score (nSPS) is 10.9. The van der Waals surface area contributed by atoms with E-state index in [0.717, 1.165) is 6.33 Å². The summed E-state index contributed by atoms with van der Waals surface area (Å²) >= 11 is 0. The Balaban J connectivity index is 2.18. The SMILES string of the molecule is N#Cc1ccc2[nH]c(-c3cncnc3C(F)F)nc2n1. The Morgan fingerprint density at radius 2 is 2.10 bits per heavy atom. The van der Waals surface area contributed by atoms with Gasteiger partial charge in [0.2, 0.25) is 0 Å². The molecular formula is C12H6F2N6. The monoisotopic (exact) mass is 272 g/mol. The van der Waals surface area contributed by atoms with Gasteiger partial charge in [0, 0.05) is 6.20 Å². The van der Waals surface area contributed by atoms with E-state index in [1.54, 1.807) is 6.07 Å². The summed E-state index contributed by atoms with van der Waals surface area (Å²) in [5.74, 6) is 0.193. The van der Waals surface area contributed by atoms with Gasteiger partial charge in [0.05, 0.1) is 11.1 Å². The quantitative estimate of drug-likeness (QED) is 0.772. The van der Waals surface area contributed by atoms with E-state index in [2.05, 4.69) is 24.9 Å². The van der Waals surface area contributed by atoms with Crippen LogP contribution in [0, 0.1) is 11.3 Å². The molecule has 0 aromatic carbocycles. The lowest BCUT2D eigenvalue weighted by Gasteiger charge is -2.03. The zero-order chi connectivity index (χ0) is 14.1. The predicted octanol–water partition coefficient (Wildman–Crippen LogP) is 2.22. The second kappa shape index (κ2) is 4.62. The van der Waals surface area contributed by atoms with Crippen LogP contribution in [0.3, 0.4) is 0 Å². The summed E-state index contributed by atoms with van der Waals surface area (Å²) in [6, 6.07) is 5.02. The van der Waals surface area contributed by atoms with E-state index in [4.69, 9.17) is 5.26 Å². The highest BCUT2D eigenvalue weighted by Gasteiger charge is 2.18. The lowest BCUT2D eigenvalue weighted by atomic mass is 10.2. The van der Waals surface area contributed by atoms with Crippen molar-refractivity contribution in [2.75, 3.05) is 0 Å². The van der Waals surface area contributed by atoms with Gasteiger partial charge in [0.15, 0.2) is 5.65 Å². The Hall–Kier alpha value is -2.95. The number of nitrogens with zero attached hydrogens (tertiary/aromatic N) is 5. The molecule has 20 heavy (non-hydrogen) atoms. The molecule has 0 radical (unpaired) electrons. The minimum Gasteiger partial charge on any atom is -0.336 e. The first-order valence-corrected chi connectivity index (χ1v) is 5.54. The van der Waals surface area contributed by atoms with Crippen molar-refractivity contribution >= 4 is 11.2 Å². The molecule has 1 N–H and O–H groups in total. The summed E-state index contributed by atoms with van der Waals surface area (Å²) in [4.78, 5) is 18.2. The van der Waals surface area contributed by atoms with E-state index < -0.39 is 12.1 Å². The minimum atomic E-state index is -2.73. The first-order valence-electron chi connectivity index (χ1n) is 5.54. The number of nitrogens with one attached hydrogen (secondary N) is 1. The second-order valence-corrected chi connectivity index (χ2v) is 3.89. The molecule has 0 aliphatic rings. The first kappa shape index (κ1) is 12.1. The highest BCUT2D eigenvalue weighted by molar-refractivity contribution is 5.76. The fraction of sp³-hybridized carbons (Fsp3) is 0.0833. The standard InChI is InChI=1S/C12H6F2N6/c13-10(14)9-7(4-16-5-17-9)11-19-8-2-1-6(3-15)18-12(8)20-11/h1-2,4-5,10H,(H,18,19,20). The predicted molar refractivity (Wildman–Crippen MR) is 64.6 cm³/mol. The molecule has 0 saturated heterocycles.